The van der Waals surface area contributed by atoms with Crippen LogP contribution < -0.4 is 0 Å². The number of hydrogen-bond acceptors (Lipinski definition) is 4. The maximum atomic E-state index is 11.0. The normalized spacial score (nSPS) is 22.4. The summed E-state index contributed by atoms with van der Waals surface area (Å²) in [5, 5.41) is 10.1. The predicted molar refractivity (Wildman–Crippen MR) is 76.6 cm³/mol. The Morgan fingerprint density at radius 3 is 2.84 bits per heavy atom. The van der Waals surface area contributed by atoms with E-state index < -0.39 is 5.97 Å². The Bertz CT molecular complexity index is 458. The van der Waals surface area contributed by atoms with Crippen LogP contribution in [0.1, 0.15) is 54.2 Å². The second-order valence-corrected chi connectivity index (χ2v) is 6.74. The first-order chi connectivity index (χ1) is 8.99. The summed E-state index contributed by atoms with van der Waals surface area (Å²) >= 11 is 1.72. The van der Waals surface area contributed by atoms with E-state index in [4.69, 9.17) is 5.11 Å². The molecule has 1 fully saturated rings. The minimum atomic E-state index is -0.699. The number of piperidine rings is 1. The molecule has 0 aliphatic carbocycles. The van der Waals surface area contributed by atoms with Gasteiger partial charge in [-0.05, 0) is 40.2 Å². The van der Waals surface area contributed by atoms with Gasteiger partial charge in [0.05, 0.1) is 23.2 Å². The Balaban J connectivity index is 2.17. The van der Waals surface area contributed by atoms with Crippen LogP contribution in [0.4, 0.5) is 0 Å². The monoisotopic (exact) mass is 282 g/mol. The summed E-state index contributed by atoms with van der Waals surface area (Å²) in [6, 6.07) is 0.372. The first-order valence-corrected chi connectivity index (χ1v) is 7.72. The summed E-state index contributed by atoms with van der Waals surface area (Å²) in [6.07, 6.45) is 3.52. The molecule has 1 aromatic rings. The molecule has 2 heterocycles. The number of aryl methyl sites for hydroxylation is 2. The Morgan fingerprint density at radius 1 is 1.53 bits per heavy atom. The number of aromatic nitrogens is 1. The highest BCUT2D eigenvalue weighted by Gasteiger charge is 2.30. The van der Waals surface area contributed by atoms with Crippen molar-refractivity contribution in [2.24, 2.45) is 0 Å². The van der Waals surface area contributed by atoms with E-state index in [2.05, 4.69) is 23.7 Å². The summed E-state index contributed by atoms with van der Waals surface area (Å²) in [6.45, 7) is 7.27. The molecule has 1 aliphatic heterocycles. The maximum absolute atomic E-state index is 11.0. The minimum absolute atomic E-state index is 0.155. The van der Waals surface area contributed by atoms with E-state index in [1.54, 1.807) is 11.3 Å². The van der Waals surface area contributed by atoms with Gasteiger partial charge in [-0.2, -0.15) is 0 Å². The third-order valence-electron chi connectivity index (χ3n) is 3.92. The average molecular weight is 282 g/mol. The van der Waals surface area contributed by atoms with Gasteiger partial charge in [-0.15, -0.1) is 11.3 Å². The molecule has 4 nitrogen and oxygen atoms in total. The van der Waals surface area contributed by atoms with E-state index in [1.165, 1.54) is 4.88 Å². The van der Waals surface area contributed by atoms with Crippen molar-refractivity contribution in [1.29, 1.82) is 0 Å². The lowest BCUT2D eigenvalue weighted by Gasteiger charge is -2.39. The number of carboxylic acids is 1. The molecule has 5 heteroatoms. The molecule has 1 aromatic heterocycles. The van der Waals surface area contributed by atoms with Crippen molar-refractivity contribution in [3.8, 4) is 0 Å². The molecule has 106 valence electrons. The molecule has 0 amide bonds. The fourth-order valence-electron chi connectivity index (χ4n) is 3.04. The van der Waals surface area contributed by atoms with Crippen LogP contribution in [0.3, 0.4) is 0 Å². The van der Waals surface area contributed by atoms with Gasteiger partial charge in [-0.25, -0.2) is 4.98 Å². The van der Waals surface area contributed by atoms with Gasteiger partial charge in [0.25, 0.3) is 0 Å². The lowest BCUT2D eigenvalue weighted by atomic mass is 9.96. The van der Waals surface area contributed by atoms with Gasteiger partial charge in [0.1, 0.15) is 0 Å². The van der Waals surface area contributed by atoms with Crippen LogP contribution in [0.2, 0.25) is 0 Å². The zero-order valence-electron chi connectivity index (χ0n) is 11.8. The van der Waals surface area contributed by atoms with Gasteiger partial charge in [0.15, 0.2) is 0 Å². The number of carboxylic acid groups (broad SMARTS) is 1. The Hall–Kier alpha value is -0.940. The number of hydrogen-bond donors (Lipinski definition) is 1. The molecule has 1 aliphatic rings. The third kappa shape index (κ3) is 3.34. The largest absolute Gasteiger partial charge is 0.481 e. The lowest BCUT2D eigenvalue weighted by Crippen LogP contribution is -2.42. The second kappa shape index (κ2) is 6.01. The van der Waals surface area contributed by atoms with E-state index in [0.29, 0.717) is 0 Å². The van der Waals surface area contributed by atoms with E-state index >= 15 is 0 Å². The Morgan fingerprint density at radius 2 is 2.26 bits per heavy atom. The molecule has 1 N–H and O–H groups in total. The van der Waals surface area contributed by atoms with Crippen molar-refractivity contribution in [3.05, 3.63) is 15.6 Å². The second-order valence-electron chi connectivity index (χ2n) is 5.34. The Labute approximate surface area is 118 Å². The van der Waals surface area contributed by atoms with Crippen LogP contribution in [0.5, 0.6) is 0 Å². The van der Waals surface area contributed by atoms with Crippen LogP contribution in [0.25, 0.3) is 0 Å². The van der Waals surface area contributed by atoms with Crippen molar-refractivity contribution < 1.29 is 9.90 Å². The lowest BCUT2D eigenvalue weighted by molar-refractivity contribution is -0.139. The molecule has 2 rings (SSSR count). The molecule has 0 aromatic carbocycles. The van der Waals surface area contributed by atoms with Crippen LogP contribution in [-0.2, 0) is 4.79 Å². The topological polar surface area (TPSA) is 53.4 Å². The van der Waals surface area contributed by atoms with Crippen LogP contribution in [-0.4, -0.2) is 33.5 Å². The van der Waals surface area contributed by atoms with Crippen LogP contribution >= 0.6 is 11.3 Å². The summed E-state index contributed by atoms with van der Waals surface area (Å²) < 4.78 is 0. The van der Waals surface area contributed by atoms with Gasteiger partial charge in [0.2, 0.25) is 0 Å². The Kier molecular flexibility index (Phi) is 4.58. The molecule has 2 unspecified atom stereocenters. The summed E-state index contributed by atoms with van der Waals surface area (Å²) in [5.74, 6) is -0.699. The summed E-state index contributed by atoms with van der Waals surface area (Å²) in [7, 11) is 0. The molecule has 0 bridgehead atoms. The quantitative estimate of drug-likeness (QED) is 0.921. The number of rotatable bonds is 4. The first-order valence-electron chi connectivity index (χ1n) is 6.90. The van der Waals surface area contributed by atoms with Crippen LogP contribution in [0.15, 0.2) is 0 Å². The van der Waals surface area contributed by atoms with Crippen molar-refractivity contribution in [1.82, 2.24) is 9.88 Å². The van der Waals surface area contributed by atoms with Crippen LogP contribution in [0, 0.1) is 13.8 Å². The van der Waals surface area contributed by atoms with Gasteiger partial charge < -0.3 is 5.11 Å². The molecule has 1 saturated heterocycles. The zero-order chi connectivity index (χ0) is 14.0. The fraction of sp³-hybridized carbons (Fsp3) is 0.714. The smallest absolute Gasteiger partial charge is 0.304 e. The molecular weight excluding hydrogens is 260 g/mol. The van der Waals surface area contributed by atoms with Gasteiger partial charge in [-0.1, -0.05) is 6.42 Å². The van der Waals surface area contributed by atoms with Gasteiger partial charge in [-0.3, -0.25) is 9.69 Å². The van der Waals surface area contributed by atoms with Gasteiger partial charge >= 0.3 is 5.97 Å². The minimum Gasteiger partial charge on any atom is -0.481 e. The molecule has 0 spiro atoms. The molecular formula is C14H22N2O2S. The third-order valence-corrected chi connectivity index (χ3v) is 4.82. The first kappa shape index (κ1) is 14.5. The SMILES string of the molecule is Cc1nc(C(C)N2CCCCC2CC(=O)O)c(C)s1. The van der Waals surface area contributed by atoms with E-state index in [1.807, 2.05) is 6.92 Å². The van der Waals surface area contributed by atoms with Crippen molar-refractivity contribution in [2.45, 2.75) is 58.5 Å². The highest BCUT2D eigenvalue weighted by atomic mass is 32.1. The van der Waals surface area contributed by atoms with E-state index in [-0.39, 0.29) is 18.5 Å². The predicted octanol–water partition coefficient (Wildman–Crippen LogP) is 3.15. The molecule has 0 radical (unpaired) electrons. The summed E-state index contributed by atoms with van der Waals surface area (Å²) in [4.78, 5) is 19.2. The average Bonchev–Trinajstić information content (AvgIpc) is 2.67. The fourth-order valence-corrected chi connectivity index (χ4v) is 3.95. The highest BCUT2D eigenvalue weighted by molar-refractivity contribution is 7.11. The van der Waals surface area contributed by atoms with E-state index in [9.17, 15) is 4.79 Å². The summed E-state index contributed by atoms with van der Waals surface area (Å²) in [5.41, 5.74) is 1.12. The van der Waals surface area contributed by atoms with Crippen molar-refractivity contribution in [2.75, 3.05) is 6.54 Å². The molecule has 19 heavy (non-hydrogen) atoms. The number of aliphatic carboxylic acids is 1. The van der Waals surface area contributed by atoms with Gasteiger partial charge in [0, 0.05) is 10.9 Å². The number of thiazole rings is 1. The van der Waals surface area contributed by atoms with Crippen molar-refractivity contribution in [3.63, 3.8) is 0 Å². The molecule has 0 saturated carbocycles. The highest BCUT2D eigenvalue weighted by Crippen LogP contribution is 2.32. The number of nitrogens with zero attached hydrogens (tertiary/aromatic N) is 2. The van der Waals surface area contributed by atoms with Crippen molar-refractivity contribution >= 4 is 17.3 Å². The standard InChI is InChI=1S/C14H22N2O2S/c1-9(14-10(2)19-11(3)15-14)16-7-5-4-6-12(16)8-13(17)18/h9,12H,4-8H2,1-3H3,(H,17,18). The molecule has 2 atom stereocenters. The zero-order valence-corrected chi connectivity index (χ0v) is 12.7. The number of likely N-dealkylation sites (tertiary alicyclic amines) is 1. The maximum Gasteiger partial charge on any atom is 0.304 e. The van der Waals surface area contributed by atoms with E-state index in [0.717, 1.165) is 36.5 Å². The number of carbonyl (C=O) groups is 1.